The van der Waals surface area contributed by atoms with Gasteiger partial charge < -0.3 is 33.8 Å². The van der Waals surface area contributed by atoms with Gasteiger partial charge in [-0.2, -0.15) is 0 Å². The van der Waals surface area contributed by atoms with Crippen molar-refractivity contribution in [2.45, 2.75) is 354 Å². The maximum Gasteiger partial charge on any atom is 0.472 e. The van der Waals surface area contributed by atoms with Crippen LogP contribution in [-0.2, 0) is 65.4 Å². The number of carbonyl (C=O) groups excluding carboxylic acids is 4. The topological polar surface area (TPSA) is 237 Å². The maximum absolute atomic E-state index is 13.1. The molecule has 0 aromatic heterocycles. The molecule has 0 saturated carbocycles. The summed E-state index contributed by atoms with van der Waals surface area (Å²) in [5, 5.41) is 10.6. The highest BCUT2D eigenvalue weighted by molar-refractivity contribution is 7.47. The molecule has 0 aliphatic carbocycles. The van der Waals surface area contributed by atoms with Gasteiger partial charge >= 0.3 is 39.5 Å². The lowest BCUT2D eigenvalue weighted by atomic mass is 10.0. The Morgan fingerprint density at radius 2 is 0.540 bits per heavy atom. The molecule has 0 spiro atoms. The van der Waals surface area contributed by atoms with Gasteiger partial charge in [-0.3, -0.25) is 37.3 Å². The second-order valence-electron chi connectivity index (χ2n) is 26.3. The van der Waals surface area contributed by atoms with Gasteiger partial charge in [0.1, 0.15) is 19.3 Å². The lowest BCUT2D eigenvalue weighted by Crippen LogP contribution is -2.30. The fraction of sp³-hybridized carbons (Fsp3) is 0.753. The number of hydrogen-bond acceptors (Lipinski definition) is 15. The van der Waals surface area contributed by atoms with Crippen LogP contribution in [-0.4, -0.2) is 96.7 Å². The van der Waals surface area contributed by atoms with Crippen molar-refractivity contribution < 1.29 is 80.2 Å². The summed E-state index contributed by atoms with van der Waals surface area (Å²) in [4.78, 5) is 72.9. The lowest BCUT2D eigenvalue weighted by Gasteiger charge is -2.21. The van der Waals surface area contributed by atoms with Crippen molar-refractivity contribution in [2.24, 2.45) is 0 Å². The molecule has 578 valence electrons. The Morgan fingerprint density at radius 1 is 0.290 bits per heavy atom. The average Bonchev–Trinajstić information content (AvgIpc) is 0.935. The summed E-state index contributed by atoms with van der Waals surface area (Å²) in [5.74, 6) is -2.27. The second-order valence-corrected chi connectivity index (χ2v) is 29.2. The highest BCUT2D eigenvalue weighted by Gasteiger charge is 2.30. The van der Waals surface area contributed by atoms with E-state index < -0.39 is 97.5 Å². The third-order valence-electron chi connectivity index (χ3n) is 16.5. The fourth-order valence-electron chi connectivity index (χ4n) is 10.5. The molecule has 0 heterocycles. The molecule has 0 aromatic rings. The van der Waals surface area contributed by atoms with Gasteiger partial charge in [0.05, 0.1) is 26.4 Å². The molecular formula is C81H142O17P2. The van der Waals surface area contributed by atoms with Crippen molar-refractivity contribution in [1.29, 1.82) is 0 Å². The minimum absolute atomic E-state index is 0.0349. The van der Waals surface area contributed by atoms with Crippen LogP contribution in [0.15, 0.2) is 97.2 Å². The van der Waals surface area contributed by atoms with Gasteiger partial charge in [-0.15, -0.1) is 0 Å². The Labute approximate surface area is 607 Å². The number of rotatable bonds is 74. The first-order valence-electron chi connectivity index (χ1n) is 39.5. The van der Waals surface area contributed by atoms with E-state index in [0.29, 0.717) is 32.1 Å². The average molecular weight is 1450 g/mol. The van der Waals surface area contributed by atoms with Gasteiger partial charge in [-0.1, -0.05) is 292 Å². The van der Waals surface area contributed by atoms with Gasteiger partial charge in [0.25, 0.3) is 0 Å². The van der Waals surface area contributed by atoms with E-state index in [0.717, 1.165) is 135 Å². The second kappa shape index (κ2) is 73.3. The highest BCUT2D eigenvalue weighted by atomic mass is 31.2. The monoisotopic (exact) mass is 1450 g/mol. The molecular weight excluding hydrogens is 1310 g/mol. The SMILES string of the molecule is CC/C=C\C/C=C\C/C=C\C/C=C\C/C=C\C/C=C\CCC(=O)OCC(COP(=O)(O)OCC(O)COP(=O)(O)OCC(COC(=O)CCCCCCC/C=C\CCCCCCCC)OC(=O)CCCCCCCCCCCCCCC)OC(=O)CCCCCCC/C=C\CCCCCC. The minimum atomic E-state index is -4.99. The van der Waals surface area contributed by atoms with Crippen molar-refractivity contribution in [2.75, 3.05) is 39.6 Å². The third kappa shape index (κ3) is 72.3. The first-order chi connectivity index (χ1) is 48.7. The van der Waals surface area contributed by atoms with E-state index in [4.69, 9.17) is 37.0 Å². The predicted molar refractivity (Wildman–Crippen MR) is 409 cm³/mol. The van der Waals surface area contributed by atoms with Gasteiger partial charge in [-0.05, 0) is 116 Å². The number of hydrogen-bond donors (Lipinski definition) is 3. The number of phosphoric ester groups is 2. The van der Waals surface area contributed by atoms with Gasteiger partial charge in [-0.25, -0.2) is 9.13 Å². The number of aliphatic hydroxyl groups is 1. The van der Waals surface area contributed by atoms with Crippen molar-refractivity contribution >= 4 is 39.5 Å². The van der Waals surface area contributed by atoms with Crippen molar-refractivity contribution in [3.05, 3.63) is 97.2 Å². The molecule has 0 fully saturated rings. The summed E-state index contributed by atoms with van der Waals surface area (Å²) in [6, 6.07) is 0. The van der Waals surface area contributed by atoms with Gasteiger partial charge in [0, 0.05) is 25.7 Å². The Hall–Kier alpha value is -4.02. The number of esters is 4. The van der Waals surface area contributed by atoms with Crippen LogP contribution >= 0.6 is 15.6 Å². The van der Waals surface area contributed by atoms with Crippen LogP contribution in [0.25, 0.3) is 0 Å². The van der Waals surface area contributed by atoms with Gasteiger partial charge in [0.15, 0.2) is 12.2 Å². The van der Waals surface area contributed by atoms with Crippen LogP contribution in [0.1, 0.15) is 336 Å². The number of carbonyl (C=O) groups is 4. The quantitative estimate of drug-likeness (QED) is 0.0169. The molecule has 0 amide bonds. The Bertz CT molecular complexity index is 2270. The van der Waals surface area contributed by atoms with E-state index in [1.54, 1.807) is 0 Å². The van der Waals surface area contributed by atoms with Crippen LogP contribution < -0.4 is 0 Å². The number of unbranched alkanes of at least 4 members (excludes halogenated alkanes) is 32. The molecule has 19 heteroatoms. The summed E-state index contributed by atoms with van der Waals surface area (Å²) in [5.41, 5.74) is 0. The summed E-state index contributed by atoms with van der Waals surface area (Å²) in [6.07, 6.45) is 76.9. The zero-order chi connectivity index (χ0) is 73.2. The summed E-state index contributed by atoms with van der Waals surface area (Å²) in [6.45, 7) is 4.67. The van der Waals surface area contributed by atoms with E-state index in [9.17, 15) is 43.2 Å². The molecule has 0 bridgehead atoms. The van der Waals surface area contributed by atoms with Crippen LogP contribution in [0.2, 0.25) is 0 Å². The molecule has 3 N–H and O–H groups in total. The molecule has 100 heavy (non-hydrogen) atoms. The van der Waals surface area contributed by atoms with E-state index >= 15 is 0 Å². The van der Waals surface area contributed by atoms with E-state index in [1.807, 2.05) is 18.2 Å². The normalized spacial score (nSPS) is 14.4. The molecule has 17 nitrogen and oxygen atoms in total. The Morgan fingerprint density at radius 3 is 0.870 bits per heavy atom. The summed E-state index contributed by atoms with van der Waals surface area (Å²) >= 11 is 0. The standard InChI is InChI=1S/C81H142O17P2/c1-5-9-13-17-21-25-29-33-35-36-37-38-40-44-46-50-54-58-62-66-79(84)92-72-77(98-81(86)68-64-60-56-52-48-42-32-28-24-20-16-12-8-4)74-96-100(89,90)94-70-75(82)69-93-99(87,88)95-73-76(97-80(85)67-63-59-55-51-47-41-31-27-23-19-15-11-7-3)71-91-78(83)65-61-57-53-49-45-43-39-34-30-26-22-18-14-10-6-2/h9,13,21,25,28,32-35,37-39,44,46,54,58,75-77,82H,5-8,10-12,14-20,22-24,26-27,29-31,36,40-43,45,47-53,55-57,59-74H2,1-4H3,(H,87,88)(H,89,90)/b13-9-,25-21-,32-28-,35-33-,38-37-,39-34-,46-44-,58-54-. The number of allylic oxidation sites excluding steroid dienone is 16. The number of ether oxygens (including phenoxy) is 4. The summed E-state index contributed by atoms with van der Waals surface area (Å²) < 4.78 is 68.4. The van der Waals surface area contributed by atoms with Crippen LogP contribution in [0.5, 0.6) is 0 Å². The fourth-order valence-corrected chi connectivity index (χ4v) is 12.1. The van der Waals surface area contributed by atoms with Crippen LogP contribution in [0.4, 0.5) is 0 Å². The predicted octanol–water partition coefficient (Wildman–Crippen LogP) is 22.8. The molecule has 0 radical (unpaired) electrons. The third-order valence-corrected chi connectivity index (χ3v) is 18.4. The van der Waals surface area contributed by atoms with Crippen LogP contribution in [0.3, 0.4) is 0 Å². The number of aliphatic hydroxyl groups excluding tert-OH is 1. The summed E-state index contributed by atoms with van der Waals surface area (Å²) in [7, 11) is -9.97. The van der Waals surface area contributed by atoms with Gasteiger partial charge in [0.2, 0.25) is 0 Å². The van der Waals surface area contributed by atoms with E-state index in [-0.39, 0.29) is 25.7 Å². The van der Waals surface area contributed by atoms with Crippen molar-refractivity contribution in [3.8, 4) is 0 Å². The van der Waals surface area contributed by atoms with Crippen LogP contribution in [0, 0.1) is 0 Å². The molecule has 0 aromatic carbocycles. The minimum Gasteiger partial charge on any atom is -0.462 e. The molecule has 5 atom stereocenters. The molecule has 0 aliphatic heterocycles. The van der Waals surface area contributed by atoms with E-state index in [1.165, 1.54) is 116 Å². The highest BCUT2D eigenvalue weighted by Crippen LogP contribution is 2.45. The Balaban J connectivity index is 5.39. The molecule has 0 aliphatic rings. The smallest absolute Gasteiger partial charge is 0.462 e. The molecule has 5 unspecified atom stereocenters. The first kappa shape index (κ1) is 96.0. The zero-order valence-electron chi connectivity index (χ0n) is 63.1. The maximum atomic E-state index is 13.1. The largest absolute Gasteiger partial charge is 0.472 e. The molecule has 0 saturated heterocycles. The lowest BCUT2D eigenvalue weighted by molar-refractivity contribution is -0.161. The zero-order valence-corrected chi connectivity index (χ0v) is 64.9. The first-order valence-corrected chi connectivity index (χ1v) is 42.5. The van der Waals surface area contributed by atoms with E-state index in [2.05, 4.69) is 107 Å². The Kier molecular flexibility index (Phi) is 70.4. The molecule has 0 rings (SSSR count). The number of phosphoric acid groups is 2. The van der Waals surface area contributed by atoms with Crippen molar-refractivity contribution in [1.82, 2.24) is 0 Å². The van der Waals surface area contributed by atoms with Crippen molar-refractivity contribution in [3.63, 3.8) is 0 Å².